The van der Waals surface area contributed by atoms with E-state index >= 15 is 0 Å². The fourth-order valence-electron chi connectivity index (χ4n) is 2.99. The Morgan fingerprint density at radius 1 is 1.04 bits per heavy atom. The van der Waals surface area contributed by atoms with Crippen molar-refractivity contribution in [3.05, 3.63) is 29.3 Å². The molecule has 2 aliphatic rings. The summed E-state index contributed by atoms with van der Waals surface area (Å²) in [5.41, 5.74) is -0.456. The summed E-state index contributed by atoms with van der Waals surface area (Å²) in [6.45, 7) is 3.50. The summed E-state index contributed by atoms with van der Waals surface area (Å²) in [6.07, 6.45) is 1.10. The van der Waals surface area contributed by atoms with Crippen molar-refractivity contribution in [3.8, 4) is 0 Å². The quantitative estimate of drug-likeness (QED) is 0.845. The van der Waals surface area contributed by atoms with Crippen LogP contribution >= 0.6 is 11.6 Å². The van der Waals surface area contributed by atoms with E-state index in [1.165, 1.54) is 6.92 Å². The predicted molar refractivity (Wildman–Crippen MR) is 90.6 cm³/mol. The smallest absolute Gasteiger partial charge is 0.240 e. The van der Waals surface area contributed by atoms with E-state index in [0.29, 0.717) is 49.7 Å². The number of halogens is 1. The van der Waals surface area contributed by atoms with Gasteiger partial charge in [-0.05, 0) is 25.0 Å². The Kier molecular flexibility index (Phi) is 4.49. The maximum atomic E-state index is 12.8. The first-order valence-electron chi connectivity index (χ1n) is 8.05. The Morgan fingerprint density at radius 3 is 2.17 bits per heavy atom. The van der Waals surface area contributed by atoms with E-state index in [4.69, 9.17) is 11.6 Å². The molecular formula is C17H20ClN3O3. The minimum Gasteiger partial charge on any atom is -0.339 e. The molecule has 0 bridgehead atoms. The fourth-order valence-corrected chi connectivity index (χ4v) is 3.18. The Hall–Kier alpha value is -2.08. The fraction of sp³-hybridized carbons (Fsp3) is 0.471. The van der Waals surface area contributed by atoms with E-state index in [9.17, 15) is 14.4 Å². The van der Waals surface area contributed by atoms with Crippen molar-refractivity contribution in [2.75, 3.05) is 31.5 Å². The van der Waals surface area contributed by atoms with Crippen LogP contribution in [0.15, 0.2) is 24.3 Å². The van der Waals surface area contributed by atoms with Crippen LogP contribution in [0.4, 0.5) is 5.69 Å². The Morgan fingerprint density at radius 2 is 1.62 bits per heavy atom. The average Bonchev–Trinajstić information content (AvgIpc) is 3.38. The molecule has 1 saturated heterocycles. The molecule has 0 aromatic heterocycles. The lowest BCUT2D eigenvalue weighted by Crippen LogP contribution is -2.53. The molecule has 24 heavy (non-hydrogen) atoms. The predicted octanol–water partition coefficient (Wildman–Crippen LogP) is 1.75. The van der Waals surface area contributed by atoms with Gasteiger partial charge in [0.1, 0.15) is 5.41 Å². The number of amides is 3. The molecule has 2 fully saturated rings. The van der Waals surface area contributed by atoms with Gasteiger partial charge in [-0.2, -0.15) is 0 Å². The van der Waals surface area contributed by atoms with Crippen LogP contribution in [0.2, 0.25) is 5.02 Å². The van der Waals surface area contributed by atoms with Crippen LogP contribution in [-0.2, 0) is 14.4 Å². The number of nitrogens with zero attached hydrogens (tertiary/aromatic N) is 2. The number of hydrogen-bond acceptors (Lipinski definition) is 3. The van der Waals surface area contributed by atoms with Gasteiger partial charge in [-0.15, -0.1) is 0 Å². The first-order valence-corrected chi connectivity index (χ1v) is 8.43. The summed E-state index contributed by atoms with van der Waals surface area (Å²) >= 11 is 6.07. The summed E-state index contributed by atoms with van der Waals surface area (Å²) in [6, 6.07) is 6.97. The molecule has 0 unspecified atom stereocenters. The number of rotatable bonds is 3. The third-order valence-electron chi connectivity index (χ3n) is 4.73. The van der Waals surface area contributed by atoms with Gasteiger partial charge in [0.2, 0.25) is 17.7 Å². The van der Waals surface area contributed by atoms with Crippen LogP contribution in [0.1, 0.15) is 19.8 Å². The van der Waals surface area contributed by atoms with Gasteiger partial charge in [0.25, 0.3) is 0 Å². The van der Waals surface area contributed by atoms with E-state index in [1.807, 2.05) is 0 Å². The van der Waals surface area contributed by atoms with Gasteiger partial charge in [-0.3, -0.25) is 14.4 Å². The second kappa shape index (κ2) is 6.43. The number of carbonyl (C=O) groups is 3. The van der Waals surface area contributed by atoms with Crippen LogP contribution < -0.4 is 5.32 Å². The number of para-hydroxylation sites is 1. The zero-order valence-electron chi connectivity index (χ0n) is 13.5. The van der Waals surface area contributed by atoms with Gasteiger partial charge in [-0.25, -0.2) is 0 Å². The molecule has 1 heterocycles. The molecule has 3 amide bonds. The molecule has 128 valence electrons. The topological polar surface area (TPSA) is 69.7 Å². The summed E-state index contributed by atoms with van der Waals surface area (Å²) < 4.78 is 0. The van der Waals surface area contributed by atoms with Crippen LogP contribution in [0, 0.1) is 5.41 Å². The maximum absolute atomic E-state index is 12.8. The normalized spacial score (nSPS) is 18.9. The average molecular weight is 350 g/mol. The highest BCUT2D eigenvalue weighted by atomic mass is 35.5. The summed E-state index contributed by atoms with van der Waals surface area (Å²) in [7, 11) is 0. The lowest BCUT2D eigenvalue weighted by molar-refractivity contribution is -0.146. The zero-order valence-corrected chi connectivity index (χ0v) is 14.3. The minimum atomic E-state index is -0.975. The second-order valence-corrected chi connectivity index (χ2v) is 6.72. The van der Waals surface area contributed by atoms with Gasteiger partial charge in [0.05, 0.1) is 10.7 Å². The van der Waals surface area contributed by atoms with Crippen LogP contribution in [0.5, 0.6) is 0 Å². The van der Waals surface area contributed by atoms with Gasteiger partial charge in [0, 0.05) is 33.1 Å². The van der Waals surface area contributed by atoms with E-state index in [-0.39, 0.29) is 17.7 Å². The number of hydrogen-bond donors (Lipinski definition) is 1. The number of benzene rings is 1. The van der Waals surface area contributed by atoms with E-state index in [2.05, 4.69) is 5.32 Å². The molecule has 1 aromatic rings. The van der Waals surface area contributed by atoms with Crippen molar-refractivity contribution in [1.29, 1.82) is 0 Å². The van der Waals surface area contributed by atoms with Crippen molar-refractivity contribution in [3.63, 3.8) is 0 Å². The molecular weight excluding hydrogens is 330 g/mol. The molecule has 0 atom stereocenters. The van der Waals surface area contributed by atoms with E-state index in [0.717, 1.165) is 0 Å². The lowest BCUT2D eigenvalue weighted by Gasteiger charge is -2.35. The zero-order chi connectivity index (χ0) is 17.3. The Bertz CT molecular complexity index is 679. The number of piperazine rings is 1. The highest BCUT2D eigenvalue weighted by Crippen LogP contribution is 2.48. The van der Waals surface area contributed by atoms with Gasteiger partial charge in [0.15, 0.2) is 0 Å². The first-order chi connectivity index (χ1) is 11.4. The van der Waals surface area contributed by atoms with Crippen LogP contribution in [0.3, 0.4) is 0 Å². The highest BCUT2D eigenvalue weighted by molar-refractivity contribution is 6.34. The van der Waals surface area contributed by atoms with Crippen LogP contribution in [0.25, 0.3) is 0 Å². The molecule has 0 spiro atoms. The highest BCUT2D eigenvalue weighted by Gasteiger charge is 2.58. The number of carbonyl (C=O) groups excluding carboxylic acids is 3. The van der Waals surface area contributed by atoms with Crippen molar-refractivity contribution in [1.82, 2.24) is 9.80 Å². The van der Waals surface area contributed by atoms with E-state index in [1.54, 1.807) is 34.1 Å². The molecule has 3 rings (SSSR count). The molecule has 1 aliphatic heterocycles. The van der Waals surface area contributed by atoms with Crippen molar-refractivity contribution in [2.24, 2.45) is 5.41 Å². The van der Waals surface area contributed by atoms with Crippen molar-refractivity contribution in [2.45, 2.75) is 19.8 Å². The third-order valence-corrected chi connectivity index (χ3v) is 5.06. The summed E-state index contributed by atoms with van der Waals surface area (Å²) in [5, 5.41) is 3.23. The molecule has 6 nitrogen and oxygen atoms in total. The SMILES string of the molecule is CC(=O)N1CCN(C(=O)C2(C(=O)Nc3ccccc3Cl)CC2)CC1. The van der Waals surface area contributed by atoms with Gasteiger partial charge >= 0.3 is 0 Å². The Balaban J connectivity index is 1.65. The molecule has 1 N–H and O–H groups in total. The van der Waals surface area contributed by atoms with Crippen molar-refractivity contribution >= 4 is 35.0 Å². The number of anilines is 1. The molecule has 0 radical (unpaired) electrons. The summed E-state index contributed by atoms with van der Waals surface area (Å²) in [4.78, 5) is 40.2. The minimum absolute atomic E-state index is 0.0136. The monoisotopic (exact) mass is 349 g/mol. The molecule has 1 aliphatic carbocycles. The van der Waals surface area contributed by atoms with E-state index < -0.39 is 5.41 Å². The van der Waals surface area contributed by atoms with Crippen LogP contribution in [-0.4, -0.2) is 53.7 Å². The largest absolute Gasteiger partial charge is 0.339 e. The first kappa shape index (κ1) is 16.8. The molecule has 1 aromatic carbocycles. The number of nitrogens with one attached hydrogen (secondary N) is 1. The lowest BCUT2D eigenvalue weighted by atomic mass is 10.0. The third kappa shape index (κ3) is 3.11. The molecule has 1 saturated carbocycles. The van der Waals surface area contributed by atoms with Crippen molar-refractivity contribution < 1.29 is 14.4 Å². The Labute approximate surface area is 145 Å². The standard InChI is InChI=1S/C17H20ClN3O3/c1-12(22)20-8-10-21(11-9-20)16(24)17(6-7-17)15(23)19-14-5-3-2-4-13(14)18/h2-5H,6-11H2,1H3,(H,19,23). The van der Waals surface area contributed by atoms with Gasteiger partial charge in [-0.1, -0.05) is 23.7 Å². The van der Waals surface area contributed by atoms with Gasteiger partial charge < -0.3 is 15.1 Å². The second-order valence-electron chi connectivity index (χ2n) is 6.31. The maximum Gasteiger partial charge on any atom is 0.240 e. The summed E-state index contributed by atoms with van der Waals surface area (Å²) in [5.74, 6) is -0.426. The molecule has 7 heteroatoms.